The molecule has 2 aliphatic heterocycles. The van der Waals surface area contributed by atoms with Crippen LogP contribution in [0.2, 0.25) is 0 Å². The fraction of sp³-hybridized carbons (Fsp3) is 0.464. The molecule has 7 heteroatoms. The number of carbonyl (C=O) groups excluding carboxylic acids is 1. The van der Waals surface area contributed by atoms with E-state index in [4.69, 9.17) is 9.47 Å². The molecule has 0 radical (unpaired) electrons. The molecule has 35 heavy (non-hydrogen) atoms. The van der Waals surface area contributed by atoms with Crippen LogP contribution in [0.25, 0.3) is 10.9 Å². The number of nitrogens with zero attached hydrogens (tertiary/aromatic N) is 3. The van der Waals surface area contributed by atoms with Crippen molar-refractivity contribution >= 4 is 16.8 Å². The minimum absolute atomic E-state index is 0.268. The van der Waals surface area contributed by atoms with E-state index in [1.165, 1.54) is 16.5 Å². The molecule has 0 unspecified atom stereocenters. The molecule has 2 aromatic carbocycles. The van der Waals surface area contributed by atoms with Crippen LogP contribution >= 0.6 is 0 Å². The van der Waals surface area contributed by atoms with Crippen molar-refractivity contribution in [2.75, 3.05) is 60.0 Å². The highest BCUT2D eigenvalue weighted by Crippen LogP contribution is 2.34. The molecule has 7 nitrogen and oxygen atoms in total. The summed E-state index contributed by atoms with van der Waals surface area (Å²) in [5.41, 5.74) is 3.81. The van der Waals surface area contributed by atoms with Gasteiger partial charge in [0.2, 0.25) is 5.91 Å². The molecular formula is C28H36N4O3. The molecule has 1 amide bonds. The van der Waals surface area contributed by atoms with Crippen LogP contribution in [0.5, 0.6) is 11.5 Å². The second kappa shape index (κ2) is 10.7. The molecule has 1 aromatic heterocycles. The summed E-state index contributed by atoms with van der Waals surface area (Å²) in [6.07, 6.45) is 4.31. The van der Waals surface area contributed by atoms with Gasteiger partial charge in [-0.1, -0.05) is 12.1 Å². The van der Waals surface area contributed by atoms with Crippen LogP contribution in [-0.4, -0.2) is 85.6 Å². The number of hydrogen-bond acceptors (Lipinski definition) is 5. The van der Waals surface area contributed by atoms with Gasteiger partial charge in [0.05, 0.1) is 20.8 Å². The van der Waals surface area contributed by atoms with Gasteiger partial charge >= 0.3 is 0 Å². The zero-order valence-electron chi connectivity index (χ0n) is 20.8. The van der Waals surface area contributed by atoms with Crippen LogP contribution in [0, 0.1) is 0 Å². The summed E-state index contributed by atoms with van der Waals surface area (Å²) in [7, 11) is 3.40. The van der Waals surface area contributed by atoms with Crippen LogP contribution in [0.4, 0.5) is 0 Å². The molecule has 0 aliphatic carbocycles. The predicted octanol–water partition coefficient (Wildman–Crippen LogP) is 3.71. The van der Waals surface area contributed by atoms with Crippen LogP contribution in [0.15, 0.2) is 48.7 Å². The van der Waals surface area contributed by atoms with Crippen molar-refractivity contribution in [3.63, 3.8) is 0 Å². The summed E-state index contributed by atoms with van der Waals surface area (Å²) >= 11 is 0. The van der Waals surface area contributed by atoms with Gasteiger partial charge < -0.3 is 19.4 Å². The zero-order valence-corrected chi connectivity index (χ0v) is 20.8. The van der Waals surface area contributed by atoms with Gasteiger partial charge in [-0.3, -0.25) is 14.6 Å². The highest BCUT2D eigenvalue weighted by molar-refractivity contribution is 5.85. The number of piperazine rings is 1. The maximum absolute atomic E-state index is 13.0. The van der Waals surface area contributed by atoms with E-state index in [0.717, 1.165) is 75.7 Å². The minimum Gasteiger partial charge on any atom is -0.497 e. The average molecular weight is 477 g/mol. The Morgan fingerprint density at radius 2 is 1.57 bits per heavy atom. The molecule has 186 valence electrons. The standard InChI is InChI=1S/C28H36N4O3/c1-34-23-5-3-21(4-6-23)19-31-13-15-32(16-14-31)28(33)20-30-11-9-22(10-12-30)26-18-29-27-8-7-24(35-2)17-25(26)27/h3-8,17-18,22,29H,9-16,19-20H2,1-2H3. The number of methoxy groups -OCH3 is 2. The van der Waals surface area contributed by atoms with Crippen molar-refractivity contribution < 1.29 is 14.3 Å². The molecule has 2 saturated heterocycles. The molecule has 0 saturated carbocycles. The summed E-state index contributed by atoms with van der Waals surface area (Å²) in [5.74, 6) is 2.56. The second-order valence-corrected chi connectivity index (χ2v) is 9.71. The fourth-order valence-electron chi connectivity index (χ4n) is 5.42. The Morgan fingerprint density at radius 1 is 0.886 bits per heavy atom. The van der Waals surface area contributed by atoms with Crippen LogP contribution in [0.1, 0.15) is 29.9 Å². The number of H-pyrrole nitrogens is 1. The third-order valence-electron chi connectivity index (χ3n) is 7.60. The van der Waals surface area contributed by atoms with Gasteiger partial charge in [-0.15, -0.1) is 0 Å². The van der Waals surface area contributed by atoms with Crippen molar-refractivity contribution in [2.45, 2.75) is 25.3 Å². The lowest BCUT2D eigenvalue weighted by atomic mass is 9.89. The van der Waals surface area contributed by atoms with Gasteiger partial charge in [0.15, 0.2) is 0 Å². The highest BCUT2D eigenvalue weighted by Gasteiger charge is 2.27. The lowest BCUT2D eigenvalue weighted by Gasteiger charge is -2.37. The van der Waals surface area contributed by atoms with Crippen molar-refractivity contribution in [1.82, 2.24) is 19.7 Å². The first-order valence-corrected chi connectivity index (χ1v) is 12.6. The molecule has 0 spiro atoms. The molecule has 3 heterocycles. The van der Waals surface area contributed by atoms with E-state index in [2.05, 4.69) is 45.2 Å². The third kappa shape index (κ3) is 5.46. The minimum atomic E-state index is 0.268. The van der Waals surface area contributed by atoms with Crippen molar-refractivity contribution in [3.05, 3.63) is 59.8 Å². The molecule has 1 N–H and O–H groups in total. The Bertz CT molecular complexity index is 1130. The number of ether oxygens (including phenoxy) is 2. The fourth-order valence-corrected chi connectivity index (χ4v) is 5.42. The van der Waals surface area contributed by atoms with Gasteiger partial charge in [-0.05, 0) is 73.3 Å². The summed E-state index contributed by atoms with van der Waals surface area (Å²) in [6.45, 7) is 6.83. The molecule has 2 aliphatic rings. The van der Waals surface area contributed by atoms with Crippen LogP contribution in [-0.2, 0) is 11.3 Å². The van der Waals surface area contributed by atoms with Gasteiger partial charge in [0, 0.05) is 49.8 Å². The number of amides is 1. The normalized spacial score (nSPS) is 18.2. The quantitative estimate of drug-likeness (QED) is 0.563. The molecule has 3 aromatic rings. The van der Waals surface area contributed by atoms with Crippen LogP contribution in [0.3, 0.4) is 0 Å². The number of aromatic amines is 1. The summed E-state index contributed by atoms with van der Waals surface area (Å²) in [6, 6.07) is 14.5. The number of aromatic nitrogens is 1. The van der Waals surface area contributed by atoms with Crippen molar-refractivity contribution in [1.29, 1.82) is 0 Å². The molecule has 5 rings (SSSR count). The number of carbonyl (C=O) groups is 1. The Hall–Kier alpha value is -3.03. The monoisotopic (exact) mass is 476 g/mol. The van der Waals surface area contributed by atoms with Crippen LogP contribution < -0.4 is 9.47 Å². The van der Waals surface area contributed by atoms with E-state index in [-0.39, 0.29) is 5.91 Å². The van der Waals surface area contributed by atoms with Gasteiger partial charge in [0.25, 0.3) is 0 Å². The second-order valence-electron chi connectivity index (χ2n) is 9.71. The number of piperidine rings is 1. The number of fused-ring (bicyclic) bond motifs is 1. The number of hydrogen-bond donors (Lipinski definition) is 1. The van der Waals surface area contributed by atoms with E-state index in [1.807, 2.05) is 23.1 Å². The Balaban J connectivity index is 1.08. The Kier molecular flexibility index (Phi) is 7.25. The Labute approximate surface area is 207 Å². The number of nitrogens with one attached hydrogen (secondary N) is 1. The topological polar surface area (TPSA) is 61.0 Å². The molecule has 2 fully saturated rings. The SMILES string of the molecule is COc1ccc(CN2CCN(C(=O)CN3CCC(c4c[nH]c5ccc(OC)cc45)CC3)CC2)cc1. The van der Waals surface area contributed by atoms with E-state index in [1.54, 1.807) is 14.2 Å². The number of likely N-dealkylation sites (tertiary alicyclic amines) is 1. The van der Waals surface area contributed by atoms with E-state index in [0.29, 0.717) is 12.5 Å². The van der Waals surface area contributed by atoms with E-state index >= 15 is 0 Å². The first-order chi connectivity index (χ1) is 17.1. The van der Waals surface area contributed by atoms with Gasteiger partial charge in [0.1, 0.15) is 11.5 Å². The third-order valence-corrected chi connectivity index (χ3v) is 7.60. The number of rotatable bonds is 7. The van der Waals surface area contributed by atoms with Crippen molar-refractivity contribution in [2.24, 2.45) is 0 Å². The Morgan fingerprint density at radius 3 is 2.26 bits per heavy atom. The number of benzene rings is 2. The highest BCUT2D eigenvalue weighted by atomic mass is 16.5. The van der Waals surface area contributed by atoms with E-state index in [9.17, 15) is 4.79 Å². The van der Waals surface area contributed by atoms with E-state index < -0.39 is 0 Å². The molecule has 0 bridgehead atoms. The molecule has 0 atom stereocenters. The van der Waals surface area contributed by atoms with Crippen molar-refractivity contribution in [3.8, 4) is 11.5 Å². The maximum atomic E-state index is 13.0. The smallest absolute Gasteiger partial charge is 0.236 e. The lowest BCUT2D eigenvalue weighted by Crippen LogP contribution is -2.51. The first kappa shape index (κ1) is 23.7. The van der Waals surface area contributed by atoms with Gasteiger partial charge in [-0.25, -0.2) is 0 Å². The summed E-state index contributed by atoms with van der Waals surface area (Å²) in [5, 5.41) is 1.26. The first-order valence-electron chi connectivity index (χ1n) is 12.6. The summed E-state index contributed by atoms with van der Waals surface area (Å²) in [4.78, 5) is 23.2. The predicted molar refractivity (Wildman–Crippen MR) is 138 cm³/mol. The van der Waals surface area contributed by atoms with Gasteiger partial charge in [-0.2, -0.15) is 0 Å². The average Bonchev–Trinajstić information content (AvgIpc) is 3.33. The summed E-state index contributed by atoms with van der Waals surface area (Å²) < 4.78 is 10.7. The molecular weight excluding hydrogens is 440 g/mol. The lowest BCUT2D eigenvalue weighted by molar-refractivity contribution is -0.134. The largest absolute Gasteiger partial charge is 0.497 e. The zero-order chi connectivity index (χ0) is 24.2. The maximum Gasteiger partial charge on any atom is 0.236 e.